The van der Waals surface area contributed by atoms with Crippen LogP contribution in [0.3, 0.4) is 0 Å². The predicted octanol–water partition coefficient (Wildman–Crippen LogP) is 2.66. The van der Waals surface area contributed by atoms with Gasteiger partial charge in [0.25, 0.3) is 0 Å². The third kappa shape index (κ3) is 4.93. The summed E-state index contributed by atoms with van der Waals surface area (Å²) in [5.41, 5.74) is 6.13. The zero-order valence-electron chi connectivity index (χ0n) is 11.3. The number of halogens is 1. The van der Waals surface area contributed by atoms with E-state index in [1.165, 1.54) is 4.88 Å². The molecular formula is C14H16ClN3O2S. The van der Waals surface area contributed by atoms with Crippen molar-refractivity contribution in [2.75, 3.05) is 13.2 Å². The summed E-state index contributed by atoms with van der Waals surface area (Å²) in [5.74, 6) is 0.822. The normalized spacial score (nSPS) is 11.6. The van der Waals surface area contributed by atoms with Crippen LogP contribution in [-0.2, 0) is 6.54 Å². The minimum atomic E-state index is 0.0813. The molecule has 0 aliphatic heterocycles. The molecule has 1 aromatic carbocycles. The molecule has 2 rings (SSSR count). The van der Waals surface area contributed by atoms with Gasteiger partial charge in [-0.25, -0.2) is 0 Å². The largest absolute Gasteiger partial charge is 0.492 e. The highest BCUT2D eigenvalue weighted by molar-refractivity contribution is 7.16. The fourth-order valence-corrected chi connectivity index (χ4v) is 2.74. The van der Waals surface area contributed by atoms with E-state index < -0.39 is 0 Å². The standard InChI is InChI=1S/C14H16ClN3O2S/c15-13-6-5-12(21-13)9-17-7-8-20-11-3-1-10(2-4-11)14(16)18-19/h1-6,17,19H,7-9H2,(H2,16,18). The summed E-state index contributed by atoms with van der Waals surface area (Å²) in [4.78, 5) is 1.20. The van der Waals surface area contributed by atoms with Crippen LogP contribution in [0, 0.1) is 0 Å². The molecule has 7 heteroatoms. The summed E-state index contributed by atoms with van der Waals surface area (Å²) < 4.78 is 6.39. The highest BCUT2D eigenvalue weighted by atomic mass is 35.5. The van der Waals surface area contributed by atoms with Crippen molar-refractivity contribution >= 4 is 28.8 Å². The summed E-state index contributed by atoms with van der Waals surface area (Å²) in [6.07, 6.45) is 0. The summed E-state index contributed by atoms with van der Waals surface area (Å²) in [7, 11) is 0. The molecule has 1 heterocycles. The molecule has 0 unspecified atom stereocenters. The van der Waals surface area contributed by atoms with Gasteiger partial charge in [0.05, 0.1) is 4.34 Å². The zero-order chi connectivity index (χ0) is 15.1. The quantitative estimate of drug-likeness (QED) is 0.240. The van der Waals surface area contributed by atoms with Gasteiger partial charge in [0.15, 0.2) is 5.84 Å². The fraction of sp³-hybridized carbons (Fsp3) is 0.214. The van der Waals surface area contributed by atoms with Gasteiger partial charge in [-0.2, -0.15) is 0 Å². The maximum atomic E-state index is 8.57. The van der Waals surface area contributed by atoms with Gasteiger partial charge >= 0.3 is 0 Å². The first-order chi connectivity index (χ1) is 10.2. The van der Waals surface area contributed by atoms with E-state index in [1.54, 1.807) is 35.6 Å². The Morgan fingerprint density at radius 1 is 1.29 bits per heavy atom. The monoisotopic (exact) mass is 325 g/mol. The van der Waals surface area contributed by atoms with Crippen molar-refractivity contribution in [3.8, 4) is 5.75 Å². The number of benzene rings is 1. The van der Waals surface area contributed by atoms with E-state index >= 15 is 0 Å². The number of nitrogens with two attached hydrogens (primary N) is 1. The van der Waals surface area contributed by atoms with Crippen molar-refractivity contribution in [3.63, 3.8) is 0 Å². The van der Waals surface area contributed by atoms with E-state index in [0.717, 1.165) is 23.2 Å². The highest BCUT2D eigenvalue weighted by Crippen LogP contribution is 2.20. The lowest BCUT2D eigenvalue weighted by Gasteiger charge is -2.07. The third-order valence-corrected chi connectivity index (χ3v) is 3.96. The van der Waals surface area contributed by atoms with Crippen LogP contribution < -0.4 is 15.8 Å². The summed E-state index contributed by atoms with van der Waals surface area (Å²) in [5, 5.41) is 14.8. The maximum absolute atomic E-state index is 8.57. The molecule has 0 bridgehead atoms. The van der Waals surface area contributed by atoms with Gasteiger partial charge in [-0.15, -0.1) is 11.3 Å². The number of hydrogen-bond donors (Lipinski definition) is 3. The van der Waals surface area contributed by atoms with Crippen LogP contribution in [0.25, 0.3) is 0 Å². The smallest absolute Gasteiger partial charge is 0.170 e. The first-order valence-corrected chi connectivity index (χ1v) is 7.54. The van der Waals surface area contributed by atoms with E-state index in [2.05, 4.69) is 10.5 Å². The summed E-state index contributed by atoms with van der Waals surface area (Å²) in [6, 6.07) is 10.9. The summed E-state index contributed by atoms with van der Waals surface area (Å²) in [6.45, 7) is 2.07. The molecule has 4 N–H and O–H groups in total. The van der Waals surface area contributed by atoms with Crippen LogP contribution in [0.4, 0.5) is 0 Å². The number of hydrogen-bond acceptors (Lipinski definition) is 5. The SMILES string of the molecule is NC(=NO)c1ccc(OCCNCc2ccc(Cl)s2)cc1. The van der Waals surface area contributed by atoms with Crippen molar-refractivity contribution < 1.29 is 9.94 Å². The number of nitrogens with zero attached hydrogens (tertiary/aromatic N) is 1. The number of ether oxygens (including phenoxy) is 1. The van der Waals surface area contributed by atoms with E-state index in [-0.39, 0.29) is 5.84 Å². The van der Waals surface area contributed by atoms with Crippen molar-refractivity contribution in [1.29, 1.82) is 0 Å². The van der Waals surface area contributed by atoms with Gasteiger partial charge < -0.3 is 21.0 Å². The van der Waals surface area contributed by atoms with Crippen molar-refractivity contribution in [1.82, 2.24) is 5.32 Å². The van der Waals surface area contributed by atoms with Crippen LogP contribution in [0.1, 0.15) is 10.4 Å². The van der Waals surface area contributed by atoms with Crippen LogP contribution in [0.5, 0.6) is 5.75 Å². The molecule has 0 spiro atoms. The molecular weight excluding hydrogens is 310 g/mol. The summed E-state index contributed by atoms with van der Waals surface area (Å²) >= 11 is 7.43. The molecule has 0 saturated carbocycles. The number of rotatable bonds is 7. The predicted molar refractivity (Wildman–Crippen MR) is 85.5 cm³/mol. The maximum Gasteiger partial charge on any atom is 0.170 e. The molecule has 0 aliphatic rings. The van der Waals surface area contributed by atoms with Crippen molar-refractivity contribution in [3.05, 3.63) is 51.2 Å². The van der Waals surface area contributed by atoms with Gasteiger partial charge in [-0.1, -0.05) is 16.8 Å². The molecule has 1 aromatic heterocycles. The van der Waals surface area contributed by atoms with Crippen molar-refractivity contribution in [2.45, 2.75) is 6.54 Å². The average molecular weight is 326 g/mol. The van der Waals surface area contributed by atoms with Crippen LogP contribution in [-0.4, -0.2) is 24.2 Å². The molecule has 5 nitrogen and oxygen atoms in total. The number of oxime groups is 1. The molecule has 21 heavy (non-hydrogen) atoms. The molecule has 0 fully saturated rings. The molecule has 0 atom stereocenters. The Bertz CT molecular complexity index is 599. The van der Waals surface area contributed by atoms with E-state index in [9.17, 15) is 0 Å². The Morgan fingerprint density at radius 2 is 2.05 bits per heavy atom. The molecule has 0 aliphatic carbocycles. The average Bonchev–Trinajstić information content (AvgIpc) is 2.92. The van der Waals surface area contributed by atoms with Gasteiger partial charge in [0.1, 0.15) is 12.4 Å². The second-order valence-electron chi connectivity index (χ2n) is 4.24. The Labute approximate surface area is 132 Å². The minimum absolute atomic E-state index is 0.0813. The molecule has 2 aromatic rings. The Morgan fingerprint density at radius 3 is 2.67 bits per heavy atom. The van der Waals surface area contributed by atoms with E-state index in [4.69, 9.17) is 27.3 Å². The first-order valence-electron chi connectivity index (χ1n) is 6.35. The Balaban J connectivity index is 1.69. The Kier molecular flexibility index (Phi) is 5.86. The lowest BCUT2D eigenvalue weighted by atomic mass is 10.2. The molecule has 0 amide bonds. The zero-order valence-corrected chi connectivity index (χ0v) is 12.8. The lowest BCUT2D eigenvalue weighted by molar-refractivity contribution is 0.313. The molecule has 0 saturated heterocycles. The van der Waals surface area contributed by atoms with Gasteiger partial charge in [0, 0.05) is 23.5 Å². The first kappa shape index (κ1) is 15.6. The highest BCUT2D eigenvalue weighted by Gasteiger charge is 2.00. The van der Waals surface area contributed by atoms with Gasteiger partial charge in [-0.3, -0.25) is 0 Å². The number of amidine groups is 1. The Hall–Kier alpha value is -1.76. The minimum Gasteiger partial charge on any atom is -0.492 e. The number of thiophene rings is 1. The lowest BCUT2D eigenvalue weighted by Crippen LogP contribution is -2.20. The number of nitrogens with one attached hydrogen (secondary N) is 1. The second kappa shape index (κ2) is 7.87. The topological polar surface area (TPSA) is 79.9 Å². The second-order valence-corrected chi connectivity index (χ2v) is 6.04. The van der Waals surface area contributed by atoms with Crippen molar-refractivity contribution in [2.24, 2.45) is 10.9 Å². The van der Waals surface area contributed by atoms with Gasteiger partial charge in [0.2, 0.25) is 0 Å². The third-order valence-electron chi connectivity index (χ3n) is 2.73. The molecule has 0 radical (unpaired) electrons. The van der Waals surface area contributed by atoms with E-state index in [0.29, 0.717) is 12.2 Å². The molecule has 112 valence electrons. The van der Waals surface area contributed by atoms with E-state index in [1.807, 2.05) is 12.1 Å². The van der Waals surface area contributed by atoms with Crippen LogP contribution >= 0.6 is 22.9 Å². The van der Waals surface area contributed by atoms with Crippen LogP contribution in [0.2, 0.25) is 4.34 Å². The fourth-order valence-electron chi connectivity index (χ4n) is 1.68. The van der Waals surface area contributed by atoms with Crippen LogP contribution in [0.15, 0.2) is 41.6 Å². The van der Waals surface area contributed by atoms with Gasteiger partial charge in [-0.05, 0) is 36.4 Å².